The van der Waals surface area contributed by atoms with Crippen LogP contribution in [0.5, 0.6) is 5.75 Å². The summed E-state index contributed by atoms with van der Waals surface area (Å²) in [5, 5.41) is 0. The lowest BCUT2D eigenvalue weighted by Gasteiger charge is -2.16. The molecule has 1 N–H and O–H groups in total. The van der Waals surface area contributed by atoms with Gasteiger partial charge in [0.05, 0.1) is 7.11 Å². The fourth-order valence-corrected chi connectivity index (χ4v) is 4.37. The monoisotopic (exact) mass is 365 g/mol. The molecule has 0 amide bonds. The van der Waals surface area contributed by atoms with Gasteiger partial charge in [-0.15, -0.1) is 0 Å². The Hall–Kier alpha value is -1.86. The molecule has 138 valence electrons. The fraction of sp³-hybridized carbons (Fsp3) is 0.500. The first kappa shape index (κ1) is 19.5. The van der Waals surface area contributed by atoms with E-state index in [1.54, 1.807) is 38.3 Å². The molecule has 1 aliphatic heterocycles. The number of aliphatic imine (C=N–C) groups is 1. The van der Waals surface area contributed by atoms with Gasteiger partial charge in [-0.3, -0.25) is 9.71 Å². The zero-order valence-corrected chi connectivity index (χ0v) is 16.2. The van der Waals surface area contributed by atoms with E-state index in [-0.39, 0.29) is 4.91 Å². The van der Waals surface area contributed by atoms with Crippen molar-refractivity contribution >= 4 is 20.8 Å². The number of rotatable bonds is 8. The summed E-state index contributed by atoms with van der Waals surface area (Å²) in [7, 11) is -1.99. The standard InChI is InChI=1S/C18H27N3O3S/c1-5-21(6-2)13-7-12-19-18-14(3)17(25(22,23)20-18)15-8-10-16(24-4)11-9-15/h8-11H,5-7,12-13H2,1-4H3,(H,19,20). The molecular weight excluding hydrogens is 338 g/mol. The van der Waals surface area contributed by atoms with Crippen LogP contribution in [0.15, 0.2) is 34.8 Å². The topological polar surface area (TPSA) is 71.0 Å². The van der Waals surface area contributed by atoms with E-state index in [0.29, 0.717) is 29.3 Å². The lowest BCUT2D eigenvalue weighted by molar-refractivity contribution is 0.302. The van der Waals surface area contributed by atoms with Crippen molar-refractivity contribution in [3.8, 4) is 5.75 Å². The fourth-order valence-electron chi connectivity index (χ4n) is 2.85. The van der Waals surface area contributed by atoms with E-state index in [4.69, 9.17) is 4.74 Å². The van der Waals surface area contributed by atoms with Gasteiger partial charge in [0.1, 0.15) is 16.5 Å². The maximum absolute atomic E-state index is 12.5. The highest BCUT2D eigenvalue weighted by Gasteiger charge is 2.32. The molecule has 1 aromatic rings. The Balaban J connectivity index is 2.16. The summed E-state index contributed by atoms with van der Waals surface area (Å²) in [6.07, 6.45) is 0.901. The van der Waals surface area contributed by atoms with E-state index in [0.717, 1.165) is 26.1 Å². The minimum absolute atomic E-state index is 0.289. The molecule has 0 fully saturated rings. The average molecular weight is 365 g/mol. The first-order valence-electron chi connectivity index (χ1n) is 8.58. The number of benzene rings is 1. The Morgan fingerprint density at radius 1 is 1.16 bits per heavy atom. The molecule has 0 unspecified atom stereocenters. The summed E-state index contributed by atoms with van der Waals surface area (Å²) < 4.78 is 32.7. The first-order valence-corrected chi connectivity index (χ1v) is 10.1. The Kier molecular flexibility index (Phi) is 6.61. The normalized spacial score (nSPS) is 18.0. The zero-order chi connectivity index (χ0) is 18.4. The number of hydrogen-bond acceptors (Lipinski definition) is 5. The van der Waals surface area contributed by atoms with E-state index in [1.165, 1.54) is 0 Å². The van der Waals surface area contributed by atoms with Crippen LogP contribution in [0.4, 0.5) is 0 Å². The lowest BCUT2D eigenvalue weighted by Crippen LogP contribution is -2.26. The van der Waals surface area contributed by atoms with Crippen molar-refractivity contribution in [3.63, 3.8) is 0 Å². The van der Waals surface area contributed by atoms with Crippen LogP contribution in [0, 0.1) is 0 Å². The lowest BCUT2D eigenvalue weighted by atomic mass is 10.1. The van der Waals surface area contributed by atoms with Crippen LogP contribution < -0.4 is 9.46 Å². The van der Waals surface area contributed by atoms with Crippen LogP contribution >= 0.6 is 0 Å². The molecule has 0 aliphatic carbocycles. The largest absolute Gasteiger partial charge is 0.497 e. The van der Waals surface area contributed by atoms with Gasteiger partial charge in [-0.1, -0.05) is 13.8 Å². The van der Waals surface area contributed by atoms with Crippen molar-refractivity contribution < 1.29 is 13.2 Å². The molecule has 1 heterocycles. The molecule has 0 radical (unpaired) electrons. The Morgan fingerprint density at radius 3 is 2.36 bits per heavy atom. The molecule has 0 saturated carbocycles. The van der Waals surface area contributed by atoms with Crippen molar-refractivity contribution in [1.82, 2.24) is 9.62 Å². The van der Waals surface area contributed by atoms with Gasteiger partial charge in [0, 0.05) is 12.1 Å². The van der Waals surface area contributed by atoms with Gasteiger partial charge in [-0.2, -0.15) is 0 Å². The molecule has 25 heavy (non-hydrogen) atoms. The summed E-state index contributed by atoms with van der Waals surface area (Å²) in [5.41, 5.74) is 1.30. The molecule has 0 saturated heterocycles. The summed E-state index contributed by atoms with van der Waals surface area (Å²) in [5.74, 6) is 1.14. The van der Waals surface area contributed by atoms with E-state index >= 15 is 0 Å². The quantitative estimate of drug-likeness (QED) is 0.719. The third kappa shape index (κ3) is 4.61. The zero-order valence-electron chi connectivity index (χ0n) is 15.4. The minimum atomic E-state index is -3.57. The number of ether oxygens (including phenoxy) is 1. The third-order valence-corrected chi connectivity index (χ3v) is 5.89. The smallest absolute Gasteiger partial charge is 0.264 e. The van der Waals surface area contributed by atoms with Crippen LogP contribution in [0.25, 0.3) is 4.91 Å². The second-order valence-electron chi connectivity index (χ2n) is 5.90. The Bertz CT molecular complexity index is 748. The molecular formula is C18H27N3O3S. The van der Waals surface area contributed by atoms with Gasteiger partial charge in [0.25, 0.3) is 10.0 Å². The van der Waals surface area contributed by atoms with Gasteiger partial charge < -0.3 is 9.64 Å². The predicted molar refractivity (Wildman–Crippen MR) is 102 cm³/mol. The van der Waals surface area contributed by atoms with Gasteiger partial charge >= 0.3 is 0 Å². The maximum Gasteiger partial charge on any atom is 0.264 e. The number of methoxy groups -OCH3 is 1. The summed E-state index contributed by atoms with van der Waals surface area (Å²) in [6.45, 7) is 9.65. The van der Waals surface area contributed by atoms with E-state index in [9.17, 15) is 8.42 Å². The van der Waals surface area contributed by atoms with Gasteiger partial charge in [0.15, 0.2) is 0 Å². The highest BCUT2D eigenvalue weighted by Crippen LogP contribution is 2.30. The number of nitrogens with one attached hydrogen (secondary N) is 1. The molecule has 0 atom stereocenters. The second kappa shape index (κ2) is 8.49. The van der Waals surface area contributed by atoms with Crippen LogP contribution in [-0.2, 0) is 10.0 Å². The van der Waals surface area contributed by atoms with Crippen LogP contribution in [0.2, 0.25) is 0 Å². The van der Waals surface area contributed by atoms with Crippen molar-refractivity contribution in [2.75, 3.05) is 33.3 Å². The molecule has 0 bridgehead atoms. The molecule has 1 aliphatic rings. The number of sulfonamides is 1. The van der Waals surface area contributed by atoms with Crippen molar-refractivity contribution in [3.05, 3.63) is 35.4 Å². The first-order chi connectivity index (χ1) is 11.9. The summed E-state index contributed by atoms with van der Waals surface area (Å²) >= 11 is 0. The maximum atomic E-state index is 12.5. The molecule has 6 nitrogen and oxygen atoms in total. The SMILES string of the molecule is CCN(CC)CCCN=C1NS(=O)(=O)C(c2ccc(OC)cc2)=C1C. The molecule has 1 aromatic carbocycles. The Labute approximate surface area is 150 Å². The second-order valence-corrected chi connectivity index (χ2v) is 7.52. The summed E-state index contributed by atoms with van der Waals surface area (Å²) in [6, 6.07) is 7.01. The highest BCUT2D eigenvalue weighted by atomic mass is 32.2. The average Bonchev–Trinajstić information content (AvgIpc) is 2.84. The molecule has 0 aromatic heterocycles. The van der Waals surface area contributed by atoms with Crippen molar-refractivity contribution in [2.24, 2.45) is 4.99 Å². The van der Waals surface area contributed by atoms with Gasteiger partial charge in [-0.25, -0.2) is 8.42 Å². The van der Waals surface area contributed by atoms with E-state index in [2.05, 4.69) is 28.5 Å². The predicted octanol–water partition coefficient (Wildman–Crippen LogP) is 2.49. The number of nitrogens with zero attached hydrogens (tertiary/aromatic N) is 2. The number of amidine groups is 1. The van der Waals surface area contributed by atoms with E-state index in [1.807, 2.05) is 0 Å². The van der Waals surface area contributed by atoms with Crippen molar-refractivity contribution in [2.45, 2.75) is 27.2 Å². The van der Waals surface area contributed by atoms with Crippen LogP contribution in [0.3, 0.4) is 0 Å². The van der Waals surface area contributed by atoms with Crippen LogP contribution in [-0.4, -0.2) is 52.4 Å². The molecule has 2 rings (SSSR count). The molecule has 7 heteroatoms. The number of hydrogen-bond donors (Lipinski definition) is 1. The van der Waals surface area contributed by atoms with Gasteiger partial charge in [-0.05, 0) is 62.8 Å². The highest BCUT2D eigenvalue weighted by molar-refractivity contribution is 8.00. The van der Waals surface area contributed by atoms with E-state index < -0.39 is 10.0 Å². The van der Waals surface area contributed by atoms with Crippen LogP contribution in [0.1, 0.15) is 32.8 Å². The third-order valence-electron chi connectivity index (χ3n) is 4.34. The van der Waals surface area contributed by atoms with Gasteiger partial charge in [0.2, 0.25) is 0 Å². The van der Waals surface area contributed by atoms with Crippen molar-refractivity contribution in [1.29, 1.82) is 0 Å². The summed E-state index contributed by atoms with van der Waals surface area (Å²) in [4.78, 5) is 7.08. The minimum Gasteiger partial charge on any atom is -0.497 e. The molecule has 0 spiro atoms. The Morgan fingerprint density at radius 2 is 1.80 bits per heavy atom.